The van der Waals surface area contributed by atoms with Gasteiger partial charge in [0.25, 0.3) is 0 Å². The van der Waals surface area contributed by atoms with Crippen LogP contribution in [0.3, 0.4) is 0 Å². The summed E-state index contributed by atoms with van der Waals surface area (Å²) in [6, 6.07) is 10.4. The van der Waals surface area contributed by atoms with Crippen LogP contribution in [-0.2, 0) is 6.42 Å². The van der Waals surface area contributed by atoms with E-state index in [1.165, 1.54) is 17.7 Å². The number of rotatable bonds is 3. The highest BCUT2D eigenvalue weighted by Gasteiger charge is 2.30. The fourth-order valence-electron chi connectivity index (χ4n) is 3.15. The first kappa shape index (κ1) is 15.2. The average molecular weight is 411 g/mol. The fourth-order valence-corrected chi connectivity index (χ4v) is 4.02. The molecule has 110 valence electrons. The van der Waals surface area contributed by atoms with Gasteiger partial charge in [-0.1, -0.05) is 37.9 Å². The van der Waals surface area contributed by atoms with Gasteiger partial charge in [0.05, 0.1) is 6.04 Å². The van der Waals surface area contributed by atoms with Crippen molar-refractivity contribution in [3.05, 3.63) is 62.3 Å². The van der Waals surface area contributed by atoms with Crippen molar-refractivity contribution in [2.24, 2.45) is 5.84 Å². The van der Waals surface area contributed by atoms with Crippen LogP contribution in [0.5, 0.6) is 0 Å². The highest BCUT2D eigenvalue weighted by Crippen LogP contribution is 2.41. The Morgan fingerprint density at radius 3 is 2.95 bits per heavy atom. The van der Waals surface area contributed by atoms with E-state index in [2.05, 4.69) is 54.4 Å². The molecule has 0 saturated carbocycles. The summed E-state index contributed by atoms with van der Waals surface area (Å²) in [6.07, 6.45) is 5.25. The Labute approximate surface area is 141 Å². The number of pyridine rings is 1. The molecule has 0 spiro atoms. The van der Waals surface area contributed by atoms with Crippen LogP contribution in [0, 0.1) is 0 Å². The minimum absolute atomic E-state index is 0.0471. The van der Waals surface area contributed by atoms with Crippen molar-refractivity contribution in [1.82, 2.24) is 10.4 Å². The predicted octanol–water partition coefficient (Wildman–Crippen LogP) is 4.23. The fraction of sp³-hybridized carbons (Fsp3) is 0.312. The summed E-state index contributed by atoms with van der Waals surface area (Å²) >= 11 is 7.19. The standard InChI is InChI=1S/C16H17Br2N3/c17-11-6-7-14(18)13(9-11)16(21-19)12-5-1-3-10-4-2-8-20-15(10)12/h2,4,6-9,12,16,21H,1,3,5,19H2. The maximum Gasteiger partial charge on any atom is 0.0555 e. The molecule has 0 bridgehead atoms. The van der Waals surface area contributed by atoms with Crippen LogP contribution in [0.4, 0.5) is 0 Å². The van der Waals surface area contributed by atoms with Crippen LogP contribution in [0.1, 0.15) is 41.6 Å². The molecule has 0 radical (unpaired) electrons. The van der Waals surface area contributed by atoms with Crippen molar-refractivity contribution in [2.75, 3.05) is 0 Å². The van der Waals surface area contributed by atoms with Gasteiger partial charge in [-0.3, -0.25) is 16.3 Å². The van der Waals surface area contributed by atoms with Gasteiger partial charge in [-0.25, -0.2) is 0 Å². The lowest BCUT2D eigenvalue weighted by Crippen LogP contribution is -2.34. The lowest BCUT2D eigenvalue weighted by molar-refractivity contribution is 0.399. The van der Waals surface area contributed by atoms with E-state index in [1.54, 1.807) is 0 Å². The predicted molar refractivity (Wildman–Crippen MR) is 91.8 cm³/mol. The number of hydrogen-bond acceptors (Lipinski definition) is 3. The van der Waals surface area contributed by atoms with Gasteiger partial charge in [0.2, 0.25) is 0 Å². The molecule has 1 aliphatic rings. The first-order valence-electron chi connectivity index (χ1n) is 7.05. The number of aromatic nitrogens is 1. The lowest BCUT2D eigenvalue weighted by atomic mass is 9.80. The van der Waals surface area contributed by atoms with Crippen LogP contribution >= 0.6 is 31.9 Å². The van der Waals surface area contributed by atoms with E-state index in [9.17, 15) is 0 Å². The summed E-state index contributed by atoms with van der Waals surface area (Å²) in [5, 5.41) is 0. The van der Waals surface area contributed by atoms with Gasteiger partial charge >= 0.3 is 0 Å². The van der Waals surface area contributed by atoms with Gasteiger partial charge in [0.15, 0.2) is 0 Å². The van der Waals surface area contributed by atoms with Gasteiger partial charge in [-0.05, 0) is 54.7 Å². The molecule has 3 rings (SSSR count). The van der Waals surface area contributed by atoms with Crippen molar-refractivity contribution in [3.8, 4) is 0 Å². The summed E-state index contributed by atoms with van der Waals surface area (Å²) in [7, 11) is 0. The topological polar surface area (TPSA) is 50.9 Å². The minimum Gasteiger partial charge on any atom is -0.271 e. The normalized spacial score (nSPS) is 19.1. The van der Waals surface area contributed by atoms with Crippen LogP contribution in [0.25, 0.3) is 0 Å². The van der Waals surface area contributed by atoms with E-state index < -0.39 is 0 Å². The number of halogens is 2. The van der Waals surface area contributed by atoms with Crippen molar-refractivity contribution in [2.45, 2.75) is 31.2 Å². The number of hydrazine groups is 1. The molecule has 5 heteroatoms. The second-order valence-corrected chi connectivity index (χ2v) is 7.13. The Morgan fingerprint density at radius 2 is 2.14 bits per heavy atom. The zero-order chi connectivity index (χ0) is 14.8. The van der Waals surface area contributed by atoms with Gasteiger partial charge in [0.1, 0.15) is 0 Å². The monoisotopic (exact) mass is 409 g/mol. The Bertz CT molecular complexity index is 645. The second-order valence-electron chi connectivity index (χ2n) is 5.36. The van der Waals surface area contributed by atoms with Gasteiger partial charge in [-0.15, -0.1) is 0 Å². The molecule has 2 atom stereocenters. The molecule has 21 heavy (non-hydrogen) atoms. The third kappa shape index (κ3) is 3.06. The molecular weight excluding hydrogens is 394 g/mol. The highest BCUT2D eigenvalue weighted by molar-refractivity contribution is 9.11. The number of nitrogens with two attached hydrogens (primary N) is 1. The largest absolute Gasteiger partial charge is 0.271 e. The number of fused-ring (bicyclic) bond motifs is 1. The molecule has 1 aliphatic carbocycles. The highest BCUT2D eigenvalue weighted by atomic mass is 79.9. The molecular formula is C16H17Br2N3. The molecule has 3 nitrogen and oxygen atoms in total. The van der Waals surface area contributed by atoms with Crippen LogP contribution in [0.15, 0.2) is 45.5 Å². The maximum absolute atomic E-state index is 5.90. The number of nitrogens with zero attached hydrogens (tertiary/aromatic N) is 1. The number of hydrogen-bond donors (Lipinski definition) is 2. The Balaban J connectivity index is 2.03. The molecule has 2 unspecified atom stereocenters. The van der Waals surface area contributed by atoms with Crippen LogP contribution in [0.2, 0.25) is 0 Å². The Kier molecular flexibility index (Phi) is 4.74. The van der Waals surface area contributed by atoms with Gasteiger partial charge in [-0.2, -0.15) is 0 Å². The Hall–Kier alpha value is -0.750. The zero-order valence-corrected chi connectivity index (χ0v) is 14.7. The molecule has 1 heterocycles. The van der Waals surface area contributed by atoms with E-state index in [0.29, 0.717) is 5.92 Å². The molecule has 1 aromatic carbocycles. The second kappa shape index (κ2) is 6.57. The molecule has 0 saturated heterocycles. The van der Waals surface area contributed by atoms with Gasteiger partial charge < -0.3 is 0 Å². The first-order chi connectivity index (χ1) is 10.2. The van der Waals surface area contributed by atoms with Crippen molar-refractivity contribution < 1.29 is 0 Å². The smallest absolute Gasteiger partial charge is 0.0555 e. The first-order valence-corrected chi connectivity index (χ1v) is 8.64. The summed E-state index contributed by atoms with van der Waals surface area (Å²) in [5.41, 5.74) is 6.70. The quantitative estimate of drug-likeness (QED) is 0.587. The maximum atomic E-state index is 5.90. The van der Waals surface area contributed by atoms with E-state index in [-0.39, 0.29) is 6.04 Å². The van der Waals surface area contributed by atoms with Gasteiger partial charge in [0, 0.05) is 26.8 Å². The van der Waals surface area contributed by atoms with Crippen molar-refractivity contribution in [1.29, 1.82) is 0 Å². The van der Waals surface area contributed by atoms with Crippen molar-refractivity contribution >= 4 is 31.9 Å². The summed E-state index contributed by atoms with van der Waals surface area (Å²) in [5.74, 6) is 6.19. The molecule has 3 N–H and O–H groups in total. The third-order valence-electron chi connectivity index (χ3n) is 4.11. The summed E-state index contributed by atoms with van der Waals surface area (Å²) in [4.78, 5) is 4.62. The summed E-state index contributed by atoms with van der Waals surface area (Å²) in [6.45, 7) is 0. The van der Waals surface area contributed by atoms with E-state index >= 15 is 0 Å². The third-order valence-corrected chi connectivity index (χ3v) is 5.33. The SMILES string of the molecule is NNC(c1cc(Br)ccc1Br)C1CCCc2cccnc21. The molecule has 0 fully saturated rings. The number of nitrogens with one attached hydrogen (secondary N) is 1. The van der Waals surface area contributed by atoms with E-state index in [0.717, 1.165) is 27.4 Å². The Morgan fingerprint density at radius 1 is 1.29 bits per heavy atom. The van der Waals surface area contributed by atoms with E-state index in [1.807, 2.05) is 24.4 Å². The van der Waals surface area contributed by atoms with E-state index in [4.69, 9.17) is 5.84 Å². The van der Waals surface area contributed by atoms with Crippen LogP contribution < -0.4 is 11.3 Å². The van der Waals surface area contributed by atoms with Crippen LogP contribution in [-0.4, -0.2) is 4.98 Å². The molecule has 2 aromatic rings. The molecule has 0 aliphatic heterocycles. The molecule has 0 amide bonds. The number of aryl methyl sites for hydroxylation is 1. The minimum atomic E-state index is 0.0471. The van der Waals surface area contributed by atoms with Crippen molar-refractivity contribution in [3.63, 3.8) is 0 Å². The lowest BCUT2D eigenvalue weighted by Gasteiger charge is -2.32. The summed E-state index contributed by atoms with van der Waals surface area (Å²) < 4.78 is 2.12. The zero-order valence-electron chi connectivity index (χ0n) is 11.5. The average Bonchev–Trinajstić information content (AvgIpc) is 2.51. The molecule has 1 aromatic heterocycles. The number of benzene rings is 1.